The van der Waals surface area contributed by atoms with Crippen LogP contribution in [0, 0.1) is 11.6 Å². The van der Waals surface area contributed by atoms with Crippen LogP contribution in [0.25, 0.3) is 0 Å². The highest BCUT2D eigenvalue weighted by atomic mass is 19.1. The number of hydrazone groups is 1. The highest BCUT2D eigenvalue weighted by Gasteiger charge is 2.03. The Morgan fingerprint density at radius 1 is 1.10 bits per heavy atom. The van der Waals surface area contributed by atoms with Gasteiger partial charge < -0.3 is 10.5 Å². The molecule has 21 heavy (non-hydrogen) atoms. The topological polar surface area (TPSA) is 76.7 Å². The summed E-state index contributed by atoms with van der Waals surface area (Å²) in [5.74, 6) is -0.970. The second-order valence-corrected chi connectivity index (χ2v) is 4.01. The summed E-state index contributed by atoms with van der Waals surface area (Å²) >= 11 is 0. The van der Waals surface area contributed by atoms with E-state index in [1.54, 1.807) is 24.3 Å². The average Bonchev–Trinajstić information content (AvgIpc) is 2.39. The van der Waals surface area contributed by atoms with E-state index in [4.69, 9.17) is 10.5 Å². The quantitative estimate of drug-likeness (QED) is 0.671. The van der Waals surface area contributed by atoms with Gasteiger partial charge in [-0.3, -0.25) is 0 Å². The Morgan fingerprint density at radius 3 is 2.29 bits per heavy atom. The molecule has 0 aliphatic carbocycles. The molecule has 7 heteroatoms. The zero-order valence-electron chi connectivity index (χ0n) is 10.7. The third-order valence-corrected chi connectivity index (χ3v) is 2.34. The lowest BCUT2D eigenvalue weighted by atomic mass is 10.2. The molecule has 3 N–H and O–H groups in total. The number of carbonyl (C=O) groups is 1. The number of amides is 2. The zero-order valence-corrected chi connectivity index (χ0v) is 10.7. The summed E-state index contributed by atoms with van der Waals surface area (Å²) in [7, 11) is 0. The first-order valence-electron chi connectivity index (χ1n) is 5.85. The van der Waals surface area contributed by atoms with Crippen molar-refractivity contribution in [3.05, 3.63) is 59.7 Å². The molecule has 2 rings (SSSR count). The van der Waals surface area contributed by atoms with Crippen LogP contribution in [-0.4, -0.2) is 12.2 Å². The smallest absolute Gasteiger partial charge is 0.332 e. The molecule has 0 radical (unpaired) electrons. The van der Waals surface area contributed by atoms with E-state index >= 15 is 0 Å². The first kappa shape index (κ1) is 14.4. The van der Waals surface area contributed by atoms with Crippen LogP contribution >= 0.6 is 0 Å². The second-order valence-electron chi connectivity index (χ2n) is 4.01. The molecule has 0 aromatic heterocycles. The van der Waals surface area contributed by atoms with E-state index in [2.05, 4.69) is 10.5 Å². The van der Waals surface area contributed by atoms with E-state index in [0.29, 0.717) is 11.3 Å². The molecule has 0 atom stereocenters. The molecule has 108 valence electrons. The molecule has 2 amide bonds. The lowest BCUT2D eigenvalue weighted by Crippen LogP contribution is -2.24. The van der Waals surface area contributed by atoms with Crippen molar-refractivity contribution in [1.29, 1.82) is 0 Å². The van der Waals surface area contributed by atoms with Crippen LogP contribution in [0.4, 0.5) is 13.6 Å². The maximum absolute atomic E-state index is 13.0. The van der Waals surface area contributed by atoms with Crippen molar-refractivity contribution in [2.75, 3.05) is 0 Å². The number of ether oxygens (including phenoxy) is 1. The molecular weight excluding hydrogens is 280 g/mol. The van der Waals surface area contributed by atoms with E-state index in [-0.39, 0.29) is 5.75 Å². The van der Waals surface area contributed by atoms with Crippen LogP contribution < -0.4 is 15.9 Å². The third kappa shape index (κ3) is 4.57. The van der Waals surface area contributed by atoms with E-state index < -0.39 is 17.7 Å². The van der Waals surface area contributed by atoms with Crippen molar-refractivity contribution in [2.45, 2.75) is 0 Å². The van der Waals surface area contributed by atoms with Gasteiger partial charge in [-0.15, -0.1) is 0 Å². The molecule has 0 aliphatic rings. The van der Waals surface area contributed by atoms with Gasteiger partial charge in [-0.2, -0.15) is 5.10 Å². The van der Waals surface area contributed by atoms with E-state index in [1.807, 2.05) is 0 Å². The summed E-state index contributed by atoms with van der Waals surface area (Å²) in [5, 5.41) is 3.59. The van der Waals surface area contributed by atoms with Crippen molar-refractivity contribution >= 4 is 12.2 Å². The normalized spacial score (nSPS) is 10.6. The number of nitrogens with zero attached hydrogens (tertiary/aromatic N) is 1. The molecular formula is C14H11F2N3O2. The second kappa shape index (κ2) is 6.47. The van der Waals surface area contributed by atoms with Crippen molar-refractivity contribution in [3.8, 4) is 11.5 Å². The van der Waals surface area contributed by atoms with Crippen molar-refractivity contribution in [3.63, 3.8) is 0 Å². The van der Waals surface area contributed by atoms with Gasteiger partial charge in [-0.05, 0) is 29.8 Å². The Labute approximate surface area is 119 Å². The van der Waals surface area contributed by atoms with Gasteiger partial charge in [0.2, 0.25) is 0 Å². The Bertz CT molecular complexity index is 652. The van der Waals surface area contributed by atoms with Gasteiger partial charge in [0, 0.05) is 18.2 Å². The molecule has 0 spiro atoms. The zero-order chi connectivity index (χ0) is 15.2. The molecule has 2 aromatic carbocycles. The number of hydrogen-bond acceptors (Lipinski definition) is 3. The van der Waals surface area contributed by atoms with Crippen LogP contribution in [0.3, 0.4) is 0 Å². The minimum Gasteiger partial charge on any atom is -0.457 e. The van der Waals surface area contributed by atoms with Crippen LogP contribution in [0.2, 0.25) is 0 Å². The first-order chi connectivity index (χ1) is 10.0. The Morgan fingerprint density at radius 2 is 1.71 bits per heavy atom. The van der Waals surface area contributed by atoms with Gasteiger partial charge in [0.1, 0.15) is 23.1 Å². The van der Waals surface area contributed by atoms with E-state index in [0.717, 1.165) is 18.2 Å². The highest BCUT2D eigenvalue weighted by molar-refractivity contribution is 5.81. The fraction of sp³-hybridized carbons (Fsp3) is 0. The molecule has 0 bridgehead atoms. The number of primary amides is 1. The fourth-order valence-corrected chi connectivity index (χ4v) is 1.52. The van der Waals surface area contributed by atoms with E-state index in [1.165, 1.54) is 6.21 Å². The lowest BCUT2D eigenvalue weighted by Gasteiger charge is -2.06. The van der Waals surface area contributed by atoms with Gasteiger partial charge in [0.15, 0.2) is 0 Å². The highest BCUT2D eigenvalue weighted by Crippen LogP contribution is 2.23. The number of nitrogens with two attached hydrogens (primary N) is 1. The number of nitrogens with one attached hydrogen (secondary N) is 1. The van der Waals surface area contributed by atoms with Gasteiger partial charge in [-0.25, -0.2) is 19.0 Å². The molecule has 0 heterocycles. The summed E-state index contributed by atoms with van der Waals surface area (Å²) in [6.07, 6.45) is 1.39. The maximum atomic E-state index is 13.0. The molecule has 5 nitrogen and oxygen atoms in total. The predicted octanol–water partition coefficient (Wildman–Crippen LogP) is 2.76. The minimum atomic E-state index is -0.765. The van der Waals surface area contributed by atoms with Crippen LogP contribution in [0.15, 0.2) is 47.6 Å². The monoisotopic (exact) mass is 291 g/mol. The first-order valence-corrected chi connectivity index (χ1v) is 5.85. The third-order valence-electron chi connectivity index (χ3n) is 2.34. The van der Waals surface area contributed by atoms with Crippen molar-refractivity contribution in [2.24, 2.45) is 10.8 Å². The number of halogens is 2. The summed E-state index contributed by atoms with van der Waals surface area (Å²) in [4.78, 5) is 10.4. The van der Waals surface area contributed by atoms with Gasteiger partial charge >= 0.3 is 6.03 Å². The van der Waals surface area contributed by atoms with Crippen molar-refractivity contribution < 1.29 is 18.3 Å². The standard InChI is InChI=1S/C14H11F2N3O2/c15-10-5-11(16)7-13(6-10)21-12-3-1-9(2-4-12)8-18-19-14(17)20/h1-8H,(H3,17,19,20)/b18-8+. The van der Waals surface area contributed by atoms with Crippen molar-refractivity contribution in [1.82, 2.24) is 5.43 Å². The molecule has 2 aromatic rings. The number of rotatable bonds is 4. The molecule has 0 aliphatic heterocycles. The summed E-state index contributed by atoms with van der Waals surface area (Å²) in [6.45, 7) is 0. The maximum Gasteiger partial charge on any atom is 0.332 e. The van der Waals surface area contributed by atoms with Gasteiger partial charge in [0.05, 0.1) is 6.21 Å². The Hall–Kier alpha value is -2.96. The number of benzene rings is 2. The largest absolute Gasteiger partial charge is 0.457 e. The minimum absolute atomic E-state index is 0.0595. The fourth-order valence-electron chi connectivity index (χ4n) is 1.52. The van der Waals surface area contributed by atoms with Crippen LogP contribution in [-0.2, 0) is 0 Å². The molecule has 0 fully saturated rings. The number of urea groups is 1. The van der Waals surface area contributed by atoms with Gasteiger partial charge in [-0.1, -0.05) is 0 Å². The molecule has 0 saturated carbocycles. The lowest BCUT2D eigenvalue weighted by molar-refractivity contribution is 0.249. The Balaban J connectivity index is 2.05. The number of hydrogen-bond donors (Lipinski definition) is 2. The average molecular weight is 291 g/mol. The van der Waals surface area contributed by atoms with E-state index in [9.17, 15) is 13.6 Å². The Kier molecular flexibility index (Phi) is 4.45. The SMILES string of the molecule is NC(=O)N/N=C/c1ccc(Oc2cc(F)cc(F)c2)cc1. The summed E-state index contributed by atoms with van der Waals surface area (Å²) in [5.41, 5.74) is 7.58. The van der Waals surface area contributed by atoms with Crippen LogP contribution in [0.5, 0.6) is 11.5 Å². The molecule has 0 unspecified atom stereocenters. The van der Waals surface area contributed by atoms with Gasteiger partial charge in [0.25, 0.3) is 0 Å². The summed E-state index contributed by atoms with van der Waals surface area (Å²) < 4.78 is 31.4. The molecule has 0 saturated heterocycles. The number of carbonyl (C=O) groups excluding carboxylic acids is 1. The predicted molar refractivity (Wildman–Crippen MR) is 73.2 cm³/mol. The summed E-state index contributed by atoms with van der Waals surface area (Å²) in [6, 6.07) is 8.64. The van der Waals surface area contributed by atoms with Crippen LogP contribution in [0.1, 0.15) is 5.56 Å².